The van der Waals surface area contributed by atoms with Gasteiger partial charge in [0.25, 0.3) is 0 Å². The number of aryl methyl sites for hydroxylation is 1. The number of fused-ring (bicyclic) bond motifs is 1. The van der Waals surface area contributed by atoms with Crippen molar-refractivity contribution in [3.63, 3.8) is 0 Å². The molecule has 2 rings (SSSR count). The van der Waals surface area contributed by atoms with Crippen molar-refractivity contribution in [1.82, 2.24) is 9.55 Å². The molecule has 4 nitrogen and oxygen atoms in total. The zero-order valence-electron chi connectivity index (χ0n) is 10.9. The van der Waals surface area contributed by atoms with Gasteiger partial charge in [-0.1, -0.05) is 0 Å². The Hall–Kier alpha value is -0.870. The lowest BCUT2D eigenvalue weighted by Crippen LogP contribution is -2.28. The number of aromatic nitrogens is 2. The summed E-state index contributed by atoms with van der Waals surface area (Å²) in [6.07, 6.45) is 5.15. The van der Waals surface area contributed by atoms with E-state index in [9.17, 15) is 0 Å². The van der Waals surface area contributed by atoms with Crippen LogP contribution in [0.25, 0.3) is 0 Å². The smallest absolute Gasteiger partial charge is 0.109 e. The van der Waals surface area contributed by atoms with Crippen LogP contribution in [0.15, 0.2) is 0 Å². The Bertz CT molecular complexity index is 373. The number of nitrogens with zero attached hydrogens (tertiary/aromatic N) is 2. The highest BCUT2D eigenvalue weighted by Crippen LogP contribution is 2.21. The zero-order chi connectivity index (χ0) is 12.3. The van der Waals surface area contributed by atoms with Crippen molar-refractivity contribution in [2.24, 2.45) is 12.8 Å². The maximum absolute atomic E-state index is 5.98. The Morgan fingerprint density at radius 3 is 3.12 bits per heavy atom. The minimum atomic E-state index is 0.300. The average Bonchev–Trinajstić information content (AvgIpc) is 2.61. The van der Waals surface area contributed by atoms with Crippen molar-refractivity contribution in [2.75, 3.05) is 13.2 Å². The Kier molecular flexibility index (Phi) is 4.18. The van der Waals surface area contributed by atoms with Crippen LogP contribution < -0.4 is 5.73 Å². The van der Waals surface area contributed by atoms with Crippen LogP contribution in [0, 0.1) is 0 Å². The van der Waals surface area contributed by atoms with E-state index in [1.165, 1.54) is 17.2 Å². The van der Waals surface area contributed by atoms with E-state index in [1.54, 1.807) is 0 Å². The van der Waals surface area contributed by atoms with Crippen LogP contribution in [0.2, 0.25) is 0 Å². The number of ether oxygens (including phenoxy) is 1. The largest absolute Gasteiger partial charge is 0.382 e. The predicted molar refractivity (Wildman–Crippen MR) is 68.0 cm³/mol. The Morgan fingerprint density at radius 1 is 1.53 bits per heavy atom. The summed E-state index contributed by atoms with van der Waals surface area (Å²) in [6, 6.07) is 0.300. The normalized spacial score (nSPS) is 19.4. The van der Waals surface area contributed by atoms with E-state index < -0.39 is 0 Å². The molecular formula is C13H23N3O. The molecule has 0 amide bonds. The van der Waals surface area contributed by atoms with Crippen molar-refractivity contribution >= 4 is 0 Å². The van der Waals surface area contributed by atoms with Crippen molar-refractivity contribution in [3.05, 3.63) is 17.2 Å². The Balaban J connectivity index is 1.99. The van der Waals surface area contributed by atoms with Crippen LogP contribution in [0.5, 0.6) is 0 Å². The molecule has 2 N–H and O–H groups in total. The van der Waals surface area contributed by atoms with E-state index in [0.29, 0.717) is 6.04 Å². The molecule has 0 bridgehead atoms. The standard InChI is InChI=1S/C13H23N3O/c1-3-17-8-4-5-13-15-11-9-10(14)6-7-12(11)16(13)2/h10H,3-9,14H2,1-2H3. The first-order valence-electron chi connectivity index (χ1n) is 6.59. The van der Waals surface area contributed by atoms with Gasteiger partial charge >= 0.3 is 0 Å². The van der Waals surface area contributed by atoms with E-state index in [2.05, 4.69) is 11.6 Å². The third-order valence-electron chi connectivity index (χ3n) is 3.49. The second-order valence-electron chi connectivity index (χ2n) is 4.78. The van der Waals surface area contributed by atoms with Gasteiger partial charge in [0.15, 0.2) is 0 Å². The highest BCUT2D eigenvalue weighted by molar-refractivity contribution is 5.21. The summed E-state index contributed by atoms with van der Waals surface area (Å²) in [5, 5.41) is 0. The molecule has 1 heterocycles. The van der Waals surface area contributed by atoms with Crippen molar-refractivity contribution in [3.8, 4) is 0 Å². The average molecular weight is 237 g/mol. The minimum absolute atomic E-state index is 0.300. The molecule has 17 heavy (non-hydrogen) atoms. The van der Waals surface area contributed by atoms with E-state index in [0.717, 1.165) is 45.3 Å². The van der Waals surface area contributed by atoms with Gasteiger partial charge in [0.05, 0.1) is 5.69 Å². The van der Waals surface area contributed by atoms with Crippen LogP contribution in [0.3, 0.4) is 0 Å². The van der Waals surface area contributed by atoms with Gasteiger partial charge in [0.2, 0.25) is 0 Å². The number of hydrogen-bond donors (Lipinski definition) is 1. The second-order valence-corrected chi connectivity index (χ2v) is 4.78. The summed E-state index contributed by atoms with van der Waals surface area (Å²) in [6.45, 7) is 3.65. The lowest BCUT2D eigenvalue weighted by molar-refractivity contribution is 0.144. The maximum atomic E-state index is 5.98. The maximum Gasteiger partial charge on any atom is 0.109 e. The first-order valence-corrected chi connectivity index (χ1v) is 6.59. The van der Waals surface area contributed by atoms with Gasteiger partial charge in [0.1, 0.15) is 5.82 Å². The monoisotopic (exact) mass is 237 g/mol. The topological polar surface area (TPSA) is 53.1 Å². The summed E-state index contributed by atoms with van der Waals surface area (Å²) in [4.78, 5) is 4.73. The van der Waals surface area contributed by atoms with E-state index >= 15 is 0 Å². The molecule has 0 aliphatic heterocycles. The third kappa shape index (κ3) is 2.87. The van der Waals surface area contributed by atoms with Gasteiger partial charge in [-0.15, -0.1) is 0 Å². The van der Waals surface area contributed by atoms with Crippen LogP contribution in [-0.2, 0) is 31.0 Å². The molecule has 1 unspecified atom stereocenters. The first-order chi connectivity index (χ1) is 8.22. The van der Waals surface area contributed by atoms with Crippen molar-refractivity contribution in [2.45, 2.75) is 45.1 Å². The fourth-order valence-electron chi connectivity index (χ4n) is 2.49. The molecule has 0 radical (unpaired) electrons. The summed E-state index contributed by atoms with van der Waals surface area (Å²) in [5.41, 5.74) is 8.59. The SMILES string of the molecule is CCOCCCc1nc2c(n1C)CCC(N)C2. The molecule has 4 heteroatoms. The van der Waals surface area contributed by atoms with E-state index in [-0.39, 0.29) is 0 Å². The third-order valence-corrected chi connectivity index (χ3v) is 3.49. The molecule has 0 fully saturated rings. The fourth-order valence-corrected chi connectivity index (χ4v) is 2.49. The van der Waals surface area contributed by atoms with Gasteiger partial charge in [0, 0.05) is 44.8 Å². The Labute approximate surface area is 103 Å². The summed E-state index contributed by atoms with van der Waals surface area (Å²) >= 11 is 0. The van der Waals surface area contributed by atoms with Gasteiger partial charge in [-0.2, -0.15) is 0 Å². The molecule has 1 aromatic rings. The molecule has 1 aliphatic rings. The zero-order valence-corrected chi connectivity index (χ0v) is 10.9. The molecule has 0 aromatic carbocycles. The highest BCUT2D eigenvalue weighted by Gasteiger charge is 2.21. The fraction of sp³-hybridized carbons (Fsp3) is 0.769. The predicted octanol–water partition coefficient (Wildman–Crippen LogP) is 1.21. The highest BCUT2D eigenvalue weighted by atomic mass is 16.5. The lowest BCUT2D eigenvalue weighted by Gasteiger charge is -2.17. The summed E-state index contributed by atoms with van der Waals surface area (Å²) < 4.78 is 7.61. The number of rotatable bonds is 5. The molecule has 0 spiro atoms. The molecular weight excluding hydrogens is 214 g/mol. The van der Waals surface area contributed by atoms with Crippen LogP contribution in [0.4, 0.5) is 0 Å². The Morgan fingerprint density at radius 2 is 2.35 bits per heavy atom. The molecule has 96 valence electrons. The van der Waals surface area contributed by atoms with E-state index in [1.807, 2.05) is 6.92 Å². The number of imidazole rings is 1. The minimum Gasteiger partial charge on any atom is -0.382 e. The van der Waals surface area contributed by atoms with E-state index in [4.69, 9.17) is 15.5 Å². The molecule has 0 saturated carbocycles. The van der Waals surface area contributed by atoms with Gasteiger partial charge < -0.3 is 15.0 Å². The van der Waals surface area contributed by atoms with Gasteiger partial charge in [-0.05, 0) is 26.2 Å². The number of nitrogens with two attached hydrogens (primary N) is 1. The van der Waals surface area contributed by atoms with Crippen LogP contribution in [-0.4, -0.2) is 28.8 Å². The van der Waals surface area contributed by atoms with Crippen molar-refractivity contribution in [1.29, 1.82) is 0 Å². The molecule has 1 atom stereocenters. The second kappa shape index (κ2) is 5.65. The quantitative estimate of drug-likeness (QED) is 0.783. The lowest BCUT2D eigenvalue weighted by atomic mass is 9.97. The van der Waals surface area contributed by atoms with Gasteiger partial charge in [-0.3, -0.25) is 0 Å². The molecule has 1 aromatic heterocycles. The van der Waals surface area contributed by atoms with Crippen molar-refractivity contribution < 1.29 is 4.74 Å². The van der Waals surface area contributed by atoms with Gasteiger partial charge in [-0.25, -0.2) is 4.98 Å². The molecule has 0 saturated heterocycles. The molecule has 1 aliphatic carbocycles. The summed E-state index contributed by atoms with van der Waals surface area (Å²) in [7, 11) is 2.12. The number of hydrogen-bond acceptors (Lipinski definition) is 3. The summed E-state index contributed by atoms with van der Waals surface area (Å²) in [5.74, 6) is 1.18. The van der Waals surface area contributed by atoms with Crippen LogP contribution >= 0.6 is 0 Å². The van der Waals surface area contributed by atoms with Crippen LogP contribution in [0.1, 0.15) is 37.0 Å². The first kappa shape index (κ1) is 12.6.